The van der Waals surface area contributed by atoms with E-state index in [1.165, 1.54) is 4.90 Å². The van der Waals surface area contributed by atoms with E-state index in [2.05, 4.69) is 4.90 Å². The molecule has 2 atom stereocenters. The molecule has 2 heterocycles. The van der Waals surface area contributed by atoms with E-state index < -0.39 is 12.0 Å². The highest BCUT2D eigenvalue weighted by Crippen LogP contribution is 2.15. The van der Waals surface area contributed by atoms with Gasteiger partial charge < -0.3 is 24.5 Å². The molecule has 2 aliphatic heterocycles. The zero-order valence-corrected chi connectivity index (χ0v) is 11.4. The summed E-state index contributed by atoms with van der Waals surface area (Å²) >= 11 is 0. The molecule has 7 heteroatoms. The Kier molecular flexibility index (Phi) is 4.26. The Morgan fingerprint density at radius 1 is 1.21 bits per heavy atom. The molecular formula is C12H21N3O4. The highest BCUT2D eigenvalue weighted by molar-refractivity contribution is 5.83. The molecule has 0 bridgehead atoms. The second-order valence-electron chi connectivity index (χ2n) is 5.21. The van der Waals surface area contributed by atoms with Crippen molar-refractivity contribution in [1.82, 2.24) is 14.7 Å². The van der Waals surface area contributed by atoms with E-state index >= 15 is 0 Å². The van der Waals surface area contributed by atoms with Gasteiger partial charge in [-0.2, -0.15) is 0 Å². The molecule has 0 spiro atoms. The number of carboxylic acid groups (broad SMARTS) is 1. The minimum absolute atomic E-state index is 0.0726. The fourth-order valence-electron chi connectivity index (χ4n) is 2.63. The third kappa shape index (κ3) is 2.98. The molecule has 19 heavy (non-hydrogen) atoms. The number of rotatable bonds is 1. The second-order valence-corrected chi connectivity index (χ2v) is 5.21. The molecule has 0 radical (unpaired) electrons. The van der Waals surface area contributed by atoms with Crippen molar-refractivity contribution in [3.05, 3.63) is 0 Å². The minimum Gasteiger partial charge on any atom is -0.480 e. The summed E-state index contributed by atoms with van der Waals surface area (Å²) in [7, 11) is 2.02. The van der Waals surface area contributed by atoms with E-state index in [9.17, 15) is 9.59 Å². The molecule has 2 unspecified atom stereocenters. The molecule has 0 aliphatic carbocycles. The van der Waals surface area contributed by atoms with Crippen LogP contribution in [0.3, 0.4) is 0 Å². The van der Waals surface area contributed by atoms with Crippen LogP contribution in [0.2, 0.25) is 0 Å². The van der Waals surface area contributed by atoms with E-state index in [4.69, 9.17) is 9.84 Å². The van der Waals surface area contributed by atoms with Crippen LogP contribution in [0.25, 0.3) is 0 Å². The van der Waals surface area contributed by atoms with Crippen LogP contribution < -0.4 is 0 Å². The molecule has 0 aromatic heterocycles. The molecule has 1 N–H and O–H groups in total. The van der Waals surface area contributed by atoms with Crippen LogP contribution in [-0.2, 0) is 9.53 Å². The van der Waals surface area contributed by atoms with Crippen LogP contribution >= 0.6 is 0 Å². The number of carbonyl (C=O) groups is 2. The molecule has 2 amide bonds. The molecule has 7 nitrogen and oxygen atoms in total. The monoisotopic (exact) mass is 271 g/mol. The van der Waals surface area contributed by atoms with E-state index in [0.717, 1.165) is 13.1 Å². The third-order valence-electron chi connectivity index (χ3n) is 3.74. The Labute approximate surface area is 112 Å². The average Bonchev–Trinajstić information content (AvgIpc) is 2.38. The summed E-state index contributed by atoms with van der Waals surface area (Å²) in [5, 5.41) is 9.16. The summed E-state index contributed by atoms with van der Waals surface area (Å²) in [5.41, 5.74) is 0. The fraction of sp³-hybridized carbons (Fsp3) is 0.833. The molecule has 108 valence electrons. The zero-order valence-electron chi connectivity index (χ0n) is 11.4. The third-order valence-corrected chi connectivity index (χ3v) is 3.74. The van der Waals surface area contributed by atoms with Gasteiger partial charge in [-0.25, -0.2) is 9.59 Å². The minimum atomic E-state index is -1.00. The first-order valence-electron chi connectivity index (χ1n) is 6.57. The van der Waals surface area contributed by atoms with Crippen molar-refractivity contribution in [1.29, 1.82) is 0 Å². The number of hydrogen-bond acceptors (Lipinski definition) is 4. The standard InChI is InChI=1S/C12H21N3O4/c1-9-7-13(2)3-4-14(9)12(18)15-5-6-19-8-10(15)11(16)17/h9-10H,3-8H2,1-2H3,(H,16,17). The van der Waals surface area contributed by atoms with Gasteiger partial charge in [-0.3, -0.25) is 0 Å². The predicted molar refractivity (Wildman–Crippen MR) is 68.0 cm³/mol. The summed E-state index contributed by atoms with van der Waals surface area (Å²) in [6, 6.07) is -0.951. The molecule has 2 fully saturated rings. The molecule has 0 aromatic carbocycles. The van der Waals surface area contributed by atoms with Crippen LogP contribution in [-0.4, -0.2) is 90.3 Å². The Morgan fingerprint density at radius 2 is 1.95 bits per heavy atom. The van der Waals surface area contributed by atoms with Gasteiger partial charge in [-0.05, 0) is 14.0 Å². The molecule has 2 aliphatic rings. The maximum Gasteiger partial charge on any atom is 0.328 e. The average molecular weight is 271 g/mol. The van der Waals surface area contributed by atoms with Crippen molar-refractivity contribution >= 4 is 12.0 Å². The first kappa shape index (κ1) is 14.1. The SMILES string of the molecule is CC1CN(C)CCN1C(=O)N1CCOCC1C(=O)O. The highest BCUT2D eigenvalue weighted by atomic mass is 16.5. The number of hydrogen-bond donors (Lipinski definition) is 1. The lowest BCUT2D eigenvalue weighted by molar-refractivity contribution is -0.147. The van der Waals surface area contributed by atoms with Gasteiger partial charge in [0.15, 0.2) is 6.04 Å². The van der Waals surface area contributed by atoms with Gasteiger partial charge in [0.1, 0.15) is 0 Å². The van der Waals surface area contributed by atoms with Crippen molar-refractivity contribution < 1.29 is 19.4 Å². The largest absolute Gasteiger partial charge is 0.480 e. The van der Waals surface area contributed by atoms with Gasteiger partial charge >= 0.3 is 12.0 Å². The van der Waals surface area contributed by atoms with Crippen molar-refractivity contribution in [2.75, 3.05) is 46.4 Å². The van der Waals surface area contributed by atoms with Crippen LogP contribution in [0, 0.1) is 0 Å². The Hall–Kier alpha value is -1.34. The lowest BCUT2D eigenvalue weighted by Crippen LogP contribution is -2.61. The second kappa shape index (κ2) is 5.75. The summed E-state index contributed by atoms with van der Waals surface area (Å²) in [6.45, 7) is 5.08. The van der Waals surface area contributed by atoms with Gasteiger partial charge in [-0.1, -0.05) is 0 Å². The van der Waals surface area contributed by atoms with Gasteiger partial charge in [-0.15, -0.1) is 0 Å². The molecule has 0 saturated carbocycles. The number of piperazine rings is 1. The first-order valence-corrected chi connectivity index (χ1v) is 6.57. The van der Waals surface area contributed by atoms with Gasteiger partial charge in [0, 0.05) is 32.2 Å². The number of urea groups is 1. The van der Waals surface area contributed by atoms with Crippen molar-refractivity contribution in [2.45, 2.75) is 19.0 Å². The number of amides is 2. The van der Waals surface area contributed by atoms with Crippen molar-refractivity contribution in [3.8, 4) is 0 Å². The van der Waals surface area contributed by atoms with E-state index in [-0.39, 0.29) is 18.7 Å². The number of nitrogens with zero attached hydrogens (tertiary/aromatic N) is 3. The molecule has 2 saturated heterocycles. The number of morpholine rings is 1. The van der Waals surface area contributed by atoms with Crippen LogP contribution in [0.4, 0.5) is 4.79 Å². The van der Waals surface area contributed by atoms with Crippen molar-refractivity contribution in [3.63, 3.8) is 0 Å². The highest BCUT2D eigenvalue weighted by Gasteiger charge is 2.37. The number of carboxylic acids is 1. The lowest BCUT2D eigenvalue weighted by Gasteiger charge is -2.43. The topological polar surface area (TPSA) is 73.3 Å². The fourth-order valence-corrected chi connectivity index (χ4v) is 2.63. The predicted octanol–water partition coefficient (Wildman–Crippen LogP) is -0.472. The Bertz CT molecular complexity index is 363. The number of likely N-dealkylation sites (N-methyl/N-ethyl adjacent to an activating group) is 1. The normalized spacial score (nSPS) is 29.4. The number of ether oxygens (including phenoxy) is 1. The van der Waals surface area contributed by atoms with Crippen LogP contribution in [0.1, 0.15) is 6.92 Å². The van der Waals surface area contributed by atoms with Crippen molar-refractivity contribution in [2.24, 2.45) is 0 Å². The first-order chi connectivity index (χ1) is 9.00. The maximum absolute atomic E-state index is 12.5. The molecular weight excluding hydrogens is 250 g/mol. The van der Waals surface area contributed by atoms with E-state index in [1.54, 1.807) is 4.90 Å². The quantitative estimate of drug-likeness (QED) is 0.698. The summed E-state index contributed by atoms with van der Waals surface area (Å²) in [4.78, 5) is 29.0. The smallest absolute Gasteiger partial charge is 0.328 e. The maximum atomic E-state index is 12.5. The van der Waals surface area contributed by atoms with Crippen LogP contribution in [0.5, 0.6) is 0 Å². The van der Waals surface area contributed by atoms with E-state index in [1.807, 2.05) is 14.0 Å². The zero-order chi connectivity index (χ0) is 14.0. The van der Waals surface area contributed by atoms with Gasteiger partial charge in [0.2, 0.25) is 0 Å². The van der Waals surface area contributed by atoms with E-state index in [0.29, 0.717) is 19.7 Å². The Balaban J connectivity index is 2.06. The van der Waals surface area contributed by atoms with Gasteiger partial charge in [0.05, 0.1) is 13.2 Å². The summed E-state index contributed by atoms with van der Waals surface area (Å²) < 4.78 is 5.15. The van der Waals surface area contributed by atoms with Gasteiger partial charge in [0.25, 0.3) is 0 Å². The summed E-state index contributed by atoms with van der Waals surface area (Å²) in [6.07, 6.45) is 0. The lowest BCUT2D eigenvalue weighted by atomic mass is 10.2. The number of aliphatic carboxylic acids is 1. The molecule has 2 rings (SSSR count). The molecule has 0 aromatic rings. The van der Waals surface area contributed by atoms with Crippen LogP contribution in [0.15, 0.2) is 0 Å². The number of carbonyl (C=O) groups excluding carboxylic acids is 1. The Morgan fingerprint density at radius 3 is 2.58 bits per heavy atom. The summed E-state index contributed by atoms with van der Waals surface area (Å²) in [5.74, 6) is -1.00.